The summed E-state index contributed by atoms with van der Waals surface area (Å²) in [6.45, 7) is 9.68. The molecule has 10 heteroatoms. The van der Waals surface area contributed by atoms with Crippen molar-refractivity contribution in [3.05, 3.63) is 96.7 Å². The highest BCUT2D eigenvalue weighted by Crippen LogP contribution is 2.38. The SMILES string of the molecule is C/C(=C\C(C)C(C)O)C1O[C@@H]2C=CC1OC(=O)\C=C/C=C\C=C\[C@H]1OC3C[C@@H]1O[C@@H](/C=C/CC1O[C@H](CC(O)C1C)C(O)C(O)/C=C/CC/C=C/C2)C3C. The molecule has 298 valence electrons. The molecule has 0 aromatic rings. The van der Waals surface area contributed by atoms with Crippen molar-refractivity contribution in [1.29, 1.82) is 0 Å². The number of ether oxygens (including phenoxy) is 5. The molecule has 0 saturated carbocycles. The second-order valence-corrected chi connectivity index (χ2v) is 15.6. The van der Waals surface area contributed by atoms with Crippen LogP contribution < -0.4 is 0 Å². The lowest BCUT2D eigenvalue weighted by Gasteiger charge is -2.40. The number of hydrogen-bond acceptors (Lipinski definition) is 10. The average molecular weight is 751 g/mol. The van der Waals surface area contributed by atoms with Crippen LogP contribution in [0, 0.1) is 17.8 Å². The highest BCUT2D eigenvalue weighted by Gasteiger charge is 2.45. The molecule has 0 aromatic heterocycles. The van der Waals surface area contributed by atoms with E-state index < -0.39 is 48.7 Å². The summed E-state index contributed by atoms with van der Waals surface area (Å²) in [5, 5.41) is 42.8. The summed E-state index contributed by atoms with van der Waals surface area (Å²) in [5.74, 6) is -0.583. The van der Waals surface area contributed by atoms with Gasteiger partial charge in [-0.3, -0.25) is 0 Å². The average Bonchev–Trinajstić information content (AvgIpc) is 3.49. The smallest absolute Gasteiger partial charge is 0.331 e. The van der Waals surface area contributed by atoms with Gasteiger partial charge in [0.2, 0.25) is 0 Å². The van der Waals surface area contributed by atoms with Crippen molar-refractivity contribution in [3.8, 4) is 0 Å². The van der Waals surface area contributed by atoms with Gasteiger partial charge in [0.05, 0.1) is 48.8 Å². The van der Waals surface area contributed by atoms with E-state index in [1.807, 2.05) is 81.5 Å². The summed E-state index contributed by atoms with van der Waals surface area (Å²) in [7, 11) is 0. The molecule has 0 amide bonds. The second kappa shape index (κ2) is 20.3. The normalized spacial score (nSPS) is 44.6. The molecule has 0 aromatic carbocycles. The van der Waals surface area contributed by atoms with Crippen molar-refractivity contribution >= 4 is 5.97 Å². The monoisotopic (exact) mass is 750 g/mol. The molecule has 10 nitrogen and oxygen atoms in total. The van der Waals surface area contributed by atoms with E-state index in [1.165, 1.54) is 6.08 Å². The Bertz CT molecular complexity index is 1460. The van der Waals surface area contributed by atoms with Crippen LogP contribution in [0.3, 0.4) is 0 Å². The Balaban J connectivity index is 1.31. The van der Waals surface area contributed by atoms with E-state index in [9.17, 15) is 25.2 Å². The number of allylic oxidation sites excluding steroid dienone is 6. The first kappa shape index (κ1) is 42.2. The lowest BCUT2D eigenvalue weighted by molar-refractivity contribution is -0.175. The molecule has 7 bridgehead atoms. The van der Waals surface area contributed by atoms with Gasteiger partial charge in [-0.05, 0) is 51.2 Å². The standard InChI is InChI=1S/C44H62O10/c1-27(31(5)45)24-28(2)44-38-23-22-32(50-44)16-11-7-6-8-12-17-33(46)43(49)41-25-34(47)29(3)35(52-41)19-15-20-36-30(4)39-26-40(51-36)37(53-39)18-13-9-10-14-21-42(48)54-38/h7,9-15,17-18,20-24,27,29-41,43-47,49H,6,8,16,19,25-26H2,1-5H3/b10-9-,11-7+,17-12+,18-13+,20-15+,21-14-,28-24+/t27?,29?,30?,31?,32-,33?,34?,35?,36-,37+,38?,39?,40-,41+,43?,44?/m0/s1. The van der Waals surface area contributed by atoms with Crippen LogP contribution in [0.15, 0.2) is 96.7 Å². The van der Waals surface area contributed by atoms with Crippen LogP contribution in [0.4, 0.5) is 0 Å². The third-order valence-electron chi connectivity index (χ3n) is 11.4. The fourth-order valence-corrected chi connectivity index (χ4v) is 7.66. The van der Waals surface area contributed by atoms with Gasteiger partial charge in [0.1, 0.15) is 24.4 Å². The summed E-state index contributed by atoms with van der Waals surface area (Å²) in [4.78, 5) is 12.9. The minimum atomic E-state index is -1.17. The molecule has 0 spiro atoms. The van der Waals surface area contributed by atoms with Crippen molar-refractivity contribution in [2.24, 2.45) is 17.8 Å². The summed E-state index contributed by atoms with van der Waals surface area (Å²) < 4.78 is 31.4. The van der Waals surface area contributed by atoms with Gasteiger partial charge >= 0.3 is 5.97 Å². The molecule has 11 unspecified atom stereocenters. The Hall–Kier alpha value is -2.93. The molecular formula is C44H62O10. The van der Waals surface area contributed by atoms with E-state index in [0.717, 1.165) is 18.4 Å². The Labute approximate surface area is 321 Å². The van der Waals surface area contributed by atoms with Crippen molar-refractivity contribution in [2.45, 2.75) is 152 Å². The van der Waals surface area contributed by atoms with Gasteiger partial charge in [0.15, 0.2) is 6.10 Å². The van der Waals surface area contributed by atoms with Crippen LogP contribution in [0.25, 0.3) is 0 Å². The largest absolute Gasteiger partial charge is 0.452 e. The van der Waals surface area contributed by atoms with Gasteiger partial charge < -0.3 is 44.1 Å². The van der Waals surface area contributed by atoms with Crippen LogP contribution in [0.2, 0.25) is 0 Å². The molecule has 3 fully saturated rings. The number of carbonyl (C=O) groups is 1. The number of aliphatic hydroxyl groups excluding tert-OH is 4. The molecule has 16 atom stereocenters. The lowest BCUT2D eigenvalue weighted by atomic mass is 9.85. The first-order chi connectivity index (χ1) is 25.9. The van der Waals surface area contributed by atoms with Crippen LogP contribution in [0.5, 0.6) is 0 Å². The number of hydrogen-bond donors (Lipinski definition) is 4. The molecule has 6 aliphatic heterocycles. The minimum absolute atomic E-state index is 0.0585. The lowest BCUT2D eigenvalue weighted by Crippen LogP contribution is -2.50. The van der Waals surface area contributed by atoms with Crippen LogP contribution in [-0.2, 0) is 28.5 Å². The van der Waals surface area contributed by atoms with Gasteiger partial charge in [0.25, 0.3) is 0 Å². The molecule has 3 saturated heterocycles. The summed E-state index contributed by atoms with van der Waals surface area (Å²) in [6.07, 6.45) is 25.2. The van der Waals surface area contributed by atoms with Crippen LogP contribution in [0.1, 0.15) is 73.1 Å². The van der Waals surface area contributed by atoms with Gasteiger partial charge in [-0.1, -0.05) is 99.8 Å². The number of esters is 1. The first-order valence-electron chi connectivity index (χ1n) is 19.8. The van der Waals surface area contributed by atoms with Crippen LogP contribution >= 0.6 is 0 Å². The fourth-order valence-electron chi connectivity index (χ4n) is 7.66. The number of fused-ring (bicyclic) bond motifs is 13. The van der Waals surface area contributed by atoms with Gasteiger partial charge in [0, 0.05) is 36.7 Å². The van der Waals surface area contributed by atoms with Gasteiger partial charge in [-0.25, -0.2) is 4.79 Å². The zero-order chi connectivity index (χ0) is 38.8. The number of carbonyl (C=O) groups excluding carboxylic acids is 1. The van der Waals surface area contributed by atoms with Crippen molar-refractivity contribution in [1.82, 2.24) is 0 Å². The Kier molecular flexibility index (Phi) is 15.9. The Morgan fingerprint density at radius 3 is 2.28 bits per heavy atom. The van der Waals surface area contributed by atoms with E-state index in [4.69, 9.17) is 23.7 Å². The zero-order valence-electron chi connectivity index (χ0n) is 32.4. The zero-order valence-corrected chi connectivity index (χ0v) is 32.4. The van der Waals surface area contributed by atoms with E-state index in [0.29, 0.717) is 19.3 Å². The number of rotatable bonds is 3. The Morgan fingerprint density at radius 1 is 0.722 bits per heavy atom. The first-order valence-corrected chi connectivity index (χ1v) is 19.8. The van der Waals surface area contributed by atoms with Gasteiger partial charge in [-0.15, -0.1) is 0 Å². The molecular weight excluding hydrogens is 688 g/mol. The van der Waals surface area contributed by atoms with E-state index >= 15 is 0 Å². The van der Waals surface area contributed by atoms with E-state index in [-0.39, 0.29) is 60.8 Å². The quantitative estimate of drug-likeness (QED) is 0.215. The summed E-state index contributed by atoms with van der Waals surface area (Å²) in [5.41, 5.74) is 0.874. The molecule has 54 heavy (non-hydrogen) atoms. The van der Waals surface area contributed by atoms with E-state index in [1.54, 1.807) is 25.2 Å². The van der Waals surface area contributed by atoms with Crippen molar-refractivity contribution in [3.63, 3.8) is 0 Å². The van der Waals surface area contributed by atoms with E-state index in [2.05, 4.69) is 13.0 Å². The molecule has 0 radical (unpaired) electrons. The molecule has 4 N–H and O–H groups in total. The number of aliphatic hydroxyl groups is 4. The summed E-state index contributed by atoms with van der Waals surface area (Å²) >= 11 is 0. The fraction of sp³-hybridized carbons (Fsp3) is 0.614. The van der Waals surface area contributed by atoms with Crippen LogP contribution in [-0.4, -0.2) is 106 Å². The predicted octanol–water partition coefficient (Wildman–Crippen LogP) is 5.53. The molecule has 6 heterocycles. The Morgan fingerprint density at radius 2 is 1.48 bits per heavy atom. The molecule has 6 rings (SSSR count). The third-order valence-corrected chi connectivity index (χ3v) is 11.4. The highest BCUT2D eigenvalue weighted by atomic mass is 16.6. The topological polar surface area (TPSA) is 144 Å². The maximum atomic E-state index is 12.9. The van der Waals surface area contributed by atoms with Crippen molar-refractivity contribution < 1.29 is 48.9 Å². The summed E-state index contributed by atoms with van der Waals surface area (Å²) in [6, 6.07) is 0. The predicted molar refractivity (Wildman–Crippen MR) is 207 cm³/mol. The maximum absolute atomic E-state index is 12.9. The maximum Gasteiger partial charge on any atom is 0.331 e. The second-order valence-electron chi connectivity index (χ2n) is 15.6. The highest BCUT2D eigenvalue weighted by molar-refractivity contribution is 5.82. The molecule has 0 aliphatic carbocycles. The third kappa shape index (κ3) is 11.6. The minimum Gasteiger partial charge on any atom is -0.452 e. The van der Waals surface area contributed by atoms with Gasteiger partial charge in [-0.2, -0.15) is 0 Å². The van der Waals surface area contributed by atoms with Crippen molar-refractivity contribution in [2.75, 3.05) is 0 Å². The molecule has 6 aliphatic rings.